The maximum absolute atomic E-state index is 12.6. The zero-order chi connectivity index (χ0) is 24.2. The molecule has 0 fully saturated rings. The summed E-state index contributed by atoms with van der Waals surface area (Å²) in [6.45, 7) is -0.450. The molecule has 0 aliphatic heterocycles. The number of amides is 1. The van der Waals surface area contributed by atoms with Gasteiger partial charge < -0.3 is 15.5 Å². The van der Waals surface area contributed by atoms with Gasteiger partial charge >= 0.3 is 5.51 Å². The topological polar surface area (TPSA) is 129 Å². The first-order valence-electron chi connectivity index (χ1n) is 9.09. The summed E-state index contributed by atoms with van der Waals surface area (Å²) in [5, 5.41) is 23.3. The molecule has 33 heavy (non-hydrogen) atoms. The maximum atomic E-state index is 12.6. The molecule has 2 heterocycles. The van der Waals surface area contributed by atoms with Crippen LogP contribution < -0.4 is 5.32 Å². The Morgan fingerprint density at radius 1 is 1.15 bits per heavy atom. The molecule has 3 N–H and O–H groups in total. The molecule has 0 atom stereocenters. The van der Waals surface area contributed by atoms with Gasteiger partial charge in [-0.25, -0.2) is 18.4 Å². The molecule has 1 aromatic carbocycles. The lowest BCUT2D eigenvalue weighted by atomic mass is 10.1. The molecule has 0 unspecified atom stereocenters. The van der Waals surface area contributed by atoms with Crippen molar-refractivity contribution in [1.82, 2.24) is 9.97 Å². The third-order valence-corrected chi connectivity index (χ3v) is 7.44. The Bertz CT molecular complexity index is 1270. The van der Waals surface area contributed by atoms with Crippen LogP contribution in [0.1, 0.15) is 16.3 Å². The van der Waals surface area contributed by atoms with E-state index in [1.807, 2.05) is 0 Å². The molecule has 0 saturated heterocycles. The number of nitrogens with one attached hydrogen (secondary N) is 1. The van der Waals surface area contributed by atoms with Crippen LogP contribution in [0.5, 0.6) is 0 Å². The van der Waals surface area contributed by atoms with E-state index in [1.54, 1.807) is 11.5 Å². The van der Waals surface area contributed by atoms with Crippen LogP contribution in [0, 0.1) is 0 Å². The van der Waals surface area contributed by atoms with Crippen molar-refractivity contribution >= 4 is 49.6 Å². The normalized spacial score (nSPS) is 12.4. The van der Waals surface area contributed by atoms with Crippen molar-refractivity contribution in [1.29, 1.82) is 0 Å². The Kier molecular flexibility index (Phi) is 7.64. The highest BCUT2D eigenvalue weighted by Gasteiger charge is 2.46. The second-order valence-corrected chi connectivity index (χ2v) is 10.3. The number of aliphatic hydroxyl groups excluding tert-OH is 2. The summed E-state index contributed by atoms with van der Waals surface area (Å²) >= 11 is 2.35. The van der Waals surface area contributed by atoms with E-state index in [2.05, 4.69) is 15.3 Å². The molecular formula is C19H16F3N3O5S3. The molecule has 176 valence electrons. The standard InChI is InChI=1S/C19H16F3N3O5S3/c20-19(21,22)33(29,30)12-5-3-11(4-6-12)8-15(28)25-18-24-14(10-31-18)17-13(2-1-7-26)23-16(9-27)32-17/h1-6,10,26-27H,7-9H2,(H,24,25,28). The van der Waals surface area contributed by atoms with Crippen LogP contribution in [0.3, 0.4) is 0 Å². The predicted octanol–water partition coefficient (Wildman–Crippen LogP) is 3.24. The number of alkyl halides is 3. The van der Waals surface area contributed by atoms with Gasteiger partial charge in [-0.3, -0.25) is 4.79 Å². The number of aliphatic hydroxyl groups is 2. The van der Waals surface area contributed by atoms with Gasteiger partial charge in [0.15, 0.2) is 5.13 Å². The van der Waals surface area contributed by atoms with Crippen LogP contribution in [0.4, 0.5) is 18.3 Å². The molecule has 1 amide bonds. The number of hydrogen-bond acceptors (Lipinski definition) is 9. The van der Waals surface area contributed by atoms with Crippen molar-refractivity contribution < 1.29 is 36.6 Å². The van der Waals surface area contributed by atoms with Crippen molar-refractivity contribution in [3.8, 4) is 10.6 Å². The summed E-state index contributed by atoms with van der Waals surface area (Å²) in [7, 11) is -5.45. The Morgan fingerprint density at radius 3 is 2.45 bits per heavy atom. The highest BCUT2D eigenvalue weighted by molar-refractivity contribution is 7.92. The number of aromatic nitrogens is 2. The summed E-state index contributed by atoms with van der Waals surface area (Å²) in [4.78, 5) is 20.6. The fourth-order valence-corrected chi connectivity index (χ4v) is 5.04. The molecule has 0 radical (unpaired) electrons. The highest BCUT2D eigenvalue weighted by atomic mass is 32.2. The van der Waals surface area contributed by atoms with E-state index in [0.717, 1.165) is 35.6 Å². The van der Waals surface area contributed by atoms with Crippen molar-refractivity contribution in [2.45, 2.75) is 23.4 Å². The third-order valence-electron chi connectivity index (χ3n) is 4.10. The first-order valence-corrected chi connectivity index (χ1v) is 12.3. The smallest absolute Gasteiger partial charge is 0.392 e. The lowest BCUT2D eigenvalue weighted by Crippen LogP contribution is -2.23. The molecule has 0 aliphatic carbocycles. The van der Waals surface area contributed by atoms with Crippen molar-refractivity contribution in [3.05, 3.63) is 52.0 Å². The quantitative estimate of drug-likeness (QED) is 0.417. The van der Waals surface area contributed by atoms with Gasteiger partial charge in [-0.15, -0.1) is 22.7 Å². The predicted molar refractivity (Wildman–Crippen MR) is 117 cm³/mol. The Balaban J connectivity index is 1.70. The maximum Gasteiger partial charge on any atom is 0.501 e. The number of benzene rings is 1. The Morgan fingerprint density at radius 2 is 1.85 bits per heavy atom. The number of rotatable bonds is 8. The third kappa shape index (κ3) is 5.83. The zero-order valence-electron chi connectivity index (χ0n) is 16.5. The number of carbonyl (C=O) groups is 1. The molecule has 0 saturated carbocycles. The van der Waals surface area contributed by atoms with Gasteiger partial charge in [0.2, 0.25) is 5.91 Å². The van der Waals surface area contributed by atoms with E-state index < -0.39 is 26.1 Å². The van der Waals surface area contributed by atoms with Gasteiger partial charge in [-0.05, 0) is 23.8 Å². The summed E-state index contributed by atoms with van der Waals surface area (Å²) in [6.07, 6.45) is 2.87. The number of anilines is 1. The fraction of sp³-hybridized carbons (Fsp3) is 0.211. The molecule has 0 bridgehead atoms. The van der Waals surface area contributed by atoms with Crippen LogP contribution in [-0.2, 0) is 27.7 Å². The first kappa shape index (κ1) is 25.0. The molecule has 0 spiro atoms. The number of halogens is 3. The molecule has 0 aliphatic rings. The van der Waals surface area contributed by atoms with Gasteiger partial charge in [-0.1, -0.05) is 18.2 Å². The summed E-state index contributed by atoms with van der Waals surface area (Å²) in [5.41, 5.74) is -4.07. The second-order valence-electron chi connectivity index (χ2n) is 6.42. The minimum atomic E-state index is -5.45. The van der Waals surface area contributed by atoms with E-state index in [-0.39, 0.29) is 24.8 Å². The summed E-state index contributed by atoms with van der Waals surface area (Å²) < 4.78 is 60.7. The van der Waals surface area contributed by atoms with Crippen LogP contribution in [0.25, 0.3) is 16.6 Å². The average molecular weight is 520 g/mol. The molecule has 8 nitrogen and oxygen atoms in total. The summed E-state index contributed by atoms with van der Waals surface area (Å²) in [6, 6.07) is 3.88. The van der Waals surface area contributed by atoms with E-state index >= 15 is 0 Å². The molecule has 3 aromatic rings. The van der Waals surface area contributed by atoms with Gasteiger partial charge in [0.1, 0.15) is 5.01 Å². The lowest BCUT2D eigenvalue weighted by Gasteiger charge is -2.08. The SMILES string of the molecule is O=C(Cc1ccc(S(=O)(=O)C(F)(F)F)cc1)Nc1nc(-c2sc(CO)nc2C=CCO)cs1. The molecule has 14 heteroatoms. The molecule has 3 rings (SSSR count). The first-order chi connectivity index (χ1) is 15.5. The number of carbonyl (C=O) groups excluding carboxylic acids is 1. The highest BCUT2D eigenvalue weighted by Crippen LogP contribution is 2.34. The van der Waals surface area contributed by atoms with E-state index in [0.29, 0.717) is 26.8 Å². The van der Waals surface area contributed by atoms with Gasteiger partial charge in [0.25, 0.3) is 9.84 Å². The Hall–Kier alpha value is -2.65. The minimum absolute atomic E-state index is 0.188. The molecule has 2 aromatic heterocycles. The average Bonchev–Trinajstić information content (AvgIpc) is 3.38. The van der Waals surface area contributed by atoms with Crippen LogP contribution in [0.2, 0.25) is 0 Å². The Labute approximate surface area is 194 Å². The van der Waals surface area contributed by atoms with Crippen LogP contribution >= 0.6 is 22.7 Å². The fourth-order valence-electron chi connectivity index (χ4n) is 2.61. The largest absolute Gasteiger partial charge is 0.501 e. The number of hydrogen-bond donors (Lipinski definition) is 3. The van der Waals surface area contributed by atoms with Gasteiger partial charge in [0, 0.05) is 5.38 Å². The van der Waals surface area contributed by atoms with E-state index in [9.17, 15) is 31.5 Å². The zero-order valence-corrected chi connectivity index (χ0v) is 19.0. The molecular weight excluding hydrogens is 503 g/mol. The second kappa shape index (κ2) is 10.1. The van der Waals surface area contributed by atoms with Gasteiger partial charge in [0.05, 0.1) is 40.8 Å². The number of nitrogens with zero attached hydrogens (tertiary/aromatic N) is 2. The number of thiazole rings is 2. The number of sulfone groups is 1. The van der Waals surface area contributed by atoms with Gasteiger partial charge in [-0.2, -0.15) is 13.2 Å². The van der Waals surface area contributed by atoms with Crippen LogP contribution in [0.15, 0.2) is 40.6 Å². The van der Waals surface area contributed by atoms with Crippen LogP contribution in [-0.4, -0.2) is 46.6 Å². The van der Waals surface area contributed by atoms with E-state index in [1.165, 1.54) is 17.4 Å². The van der Waals surface area contributed by atoms with E-state index in [4.69, 9.17) is 5.11 Å². The minimum Gasteiger partial charge on any atom is -0.392 e. The van der Waals surface area contributed by atoms with Crippen molar-refractivity contribution in [2.24, 2.45) is 0 Å². The monoisotopic (exact) mass is 519 g/mol. The summed E-state index contributed by atoms with van der Waals surface area (Å²) in [5.74, 6) is -0.497. The van der Waals surface area contributed by atoms with Crippen molar-refractivity contribution in [3.63, 3.8) is 0 Å². The lowest BCUT2D eigenvalue weighted by molar-refractivity contribution is -0.115. The van der Waals surface area contributed by atoms with Crippen molar-refractivity contribution in [2.75, 3.05) is 11.9 Å².